The van der Waals surface area contributed by atoms with E-state index in [1.54, 1.807) is 24.3 Å². The molecule has 4 amide bonds. The molecule has 0 heterocycles. The highest BCUT2D eigenvalue weighted by Crippen LogP contribution is 2.22. The van der Waals surface area contributed by atoms with Crippen LogP contribution >= 0.6 is 0 Å². The Kier molecular flexibility index (Phi) is 8.19. The first kappa shape index (κ1) is 23.9. The first-order valence-corrected chi connectivity index (χ1v) is 10.4. The van der Waals surface area contributed by atoms with Crippen LogP contribution in [0.5, 0.6) is 0 Å². The molecule has 0 bridgehead atoms. The van der Waals surface area contributed by atoms with Gasteiger partial charge in [0.15, 0.2) is 0 Å². The summed E-state index contributed by atoms with van der Waals surface area (Å²) in [5.41, 5.74) is 3.23. The third-order valence-electron chi connectivity index (χ3n) is 4.54. The average molecular weight is 425 g/mol. The van der Waals surface area contributed by atoms with Crippen LogP contribution in [0.15, 0.2) is 48.5 Å². The van der Waals surface area contributed by atoms with E-state index in [1.807, 2.05) is 38.1 Å². The number of rotatable bonds is 7. The fourth-order valence-electron chi connectivity index (χ4n) is 2.78. The number of urea groups is 1. The zero-order valence-electron chi connectivity index (χ0n) is 18.8. The quantitative estimate of drug-likeness (QED) is 0.547. The lowest BCUT2D eigenvalue weighted by atomic mass is 9.87. The lowest BCUT2D eigenvalue weighted by Gasteiger charge is -2.19. The number of hydrogen-bond acceptors (Lipinski definition) is 3. The predicted molar refractivity (Wildman–Crippen MR) is 123 cm³/mol. The Morgan fingerprint density at radius 3 is 2.03 bits per heavy atom. The summed E-state index contributed by atoms with van der Waals surface area (Å²) >= 11 is 0. The second-order valence-corrected chi connectivity index (χ2v) is 8.74. The maximum atomic E-state index is 12.2. The molecule has 2 rings (SSSR count). The van der Waals surface area contributed by atoms with Crippen LogP contribution in [-0.4, -0.2) is 30.4 Å². The maximum absolute atomic E-state index is 12.2. The van der Waals surface area contributed by atoms with Gasteiger partial charge in [-0.2, -0.15) is 0 Å². The topological polar surface area (TPSA) is 99.3 Å². The Balaban J connectivity index is 1.76. The predicted octanol–water partition coefficient (Wildman–Crippen LogP) is 3.56. The molecule has 31 heavy (non-hydrogen) atoms. The molecule has 0 aromatic heterocycles. The highest BCUT2D eigenvalue weighted by molar-refractivity contribution is 5.96. The van der Waals surface area contributed by atoms with Gasteiger partial charge in [0, 0.05) is 23.8 Å². The highest BCUT2D eigenvalue weighted by Gasteiger charge is 2.14. The first-order chi connectivity index (χ1) is 14.5. The molecular weight excluding hydrogens is 392 g/mol. The Bertz CT molecular complexity index is 898. The van der Waals surface area contributed by atoms with Crippen molar-refractivity contribution in [1.82, 2.24) is 16.0 Å². The molecule has 166 valence electrons. The average Bonchev–Trinajstić information content (AvgIpc) is 2.70. The Labute approximate surface area is 184 Å². The molecule has 0 radical (unpaired) electrons. The van der Waals surface area contributed by atoms with Crippen molar-refractivity contribution in [3.63, 3.8) is 0 Å². The van der Waals surface area contributed by atoms with Gasteiger partial charge in [-0.05, 0) is 54.7 Å². The lowest BCUT2D eigenvalue weighted by Crippen LogP contribution is -2.36. The zero-order valence-corrected chi connectivity index (χ0v) is 18.8. The van der Waals surface area contributed by atoms with Gasteiger partial charge in [0.1, 0.15) is 0 Å². The largest absolute Gasteiger partial charge is 0.350 e. The molecule has 0 aliphatic carbocycles. The molecule has 4 N–H and O–H groups in total. The van der Waals surface area contributed by atoms with E-state index in [0.29, 0.717) is 17.8 Å². The maximum Gasteiger partial charge on any atom is 0.319 e. The molecular formula is C24H32N4O3. The van der Waals surface area contributed by atoms with Gasteiger partial charge in [0.2, 0.25) is 5.91 Å². The van der Waals surface area contributed by atoms with Crippen molar-refractivity contribution in [3.8, 4) is 0 Å². The minimum Gasteiger partial charge on any atom is -0.350 e. The number of nitrogens with one attached hydrogen (secondary N) is 4. The summed E-state index contributed by atoms with van der Waals surface area (Å²) in [4.78, 5) is 36.0. The monoisotopic (exact) mass is 424 g/mol. The fourth-order valence-corrected chi connectivity index (χ4v) is 2.78. The minimum atomic E-state index is -0.286. The smallest absolute Gasteiger partial charge is 0.319 e. The summed E-state index contributed by atoms with van der Waals surface area (Å²) in [6.45, 7) is 10.3. The molecule has 7 heteroatoms. The van der Waals surface area contributed by atoms with Gasteiger partial charge in [0.05, 0.1) is 6.54 Å². The van der Waals surface area contributed by atoms with Gasteiger partial charge in [-0.1, -0.05) is 45.0 Å². The van der Waals surface area contributed by atoms with E-state index in [4.69, 9.17) is 0 Å². The standard InChI is InChI=1S/C24H32N4O3/c1-16(2)27-23(31)28-20-12-6-17(7-13-20)14-25-21(29)15-26-22(30)18-8-10-19(11-9-18)24(3,4)5/h6-13,16H,14-15H2,1-5H3,(H,25,29)(H,26,30)(H2,27,28,31). The van der Waals surface area contributed by atoms with Crippen LogP contribution in [-0.2, 0) is 16.8 Å². The van der Waals surface area contributed by atoms with Crippen molar-refractivity contribution >= 4 is 23.5 Å². The first-order valence-electron chi connectivity index (χ1n) is 10.4. The minimum absolute atomic E-state index is 0.0175. The number of amides is 4. The SMILES string of the molecule is CC(C)NC(=O)Nc1ccc(CNC(=O)CNC(=O)c2ccc(C(C)(C)C)cc2)cc1. The molecule has 2 aromatic carbocycles. The van der Waals surface area contributed by atoms with E-state index in [0.717, 1.165) is 11.1 Å². The number of carbonyl (C=O) groups excluding carboxylic acids is 3. The molecule has 2 aromatic rings. The van der Waals surface area contributed by atoms with Crippen LogP contribution in [0.25, 0.3) is 0 Å². The van der Waals surface area contributed by atoms with Crippen LogP contribution in [0.2, 0.25) is 0 Å². The van der Waals surface area contributed by atoms with E-state index < -0.39 is 0 Å². The van der Waals surface area contributed by atoms with Gasteiger partial charge in [-0.25, -0.2) is 4.79 Å². The molecule has 0 unspecified atom stereocenters. The number of benzene rings is 2. The van der Waals surface area contributed by atoms with Crippen LogP contribution in [0, 0.1) is 0 Å². The molecule has 0 atom stereocenters. The summed E-state index contributed by atoms with van der Waals surface area (Å²) in [5, 5.41) is 10.9. The normalized spacial score (nSPS) is 11.0. The van der Waals surface area contributed by atoms with Gasteiger partial charge >= 0.3 is 6.03 Å². The molecule has 0 saturated heterocycles. The van der Waals surface area contributed by atoms with E-state index >= 15 is 0 Å². The van der Waals surface area contributed by atoms with Crippen LogP contribution in [0.3, 0.4) is 0 Å². The third kappa shape index (κ3) is 8.12. The summed E-state index contributed by atoms with van der Waals surface area (Å²) in [6, 6.07) is 14.4. The number of hydrogen-bond donors (Lipinski definition) is 4. The van der Waals surface area contributed by atoms with E-state index in [1.165, 1.54) is 0 Å². The summed E-state index contributed by atoms with van der Waals surface area (Å²) in [7, 11) is 0. The summed E-state index contributed by atoms with van der Waals surface area (Å²) in [5.74, 6) is -0.566. The van der Waals surface area contributed by atoms with Crippen molar-refractivity contribution in [1.29, 1.82) is 0 Å². The van der Waals surface area contributed by atoms with E-state index in [2.05, 4.69) is 42.0 Å². The third-order valence-corrected chi connectivity index (χ3v) is 4.54. The molecule has 0 saturated carbocycles. The van der Waals surface area contributed by atoms with Crippen molar-refractivity contribution in [3.05, 3.63) is 65.2 Å². The van der Waals surface area contributed by atoms with Gasteiger partial charge in [-0.15, -0.1) is 0 Å². The van der Waals surface area contributed by atoms with Gasteiger partial charge in [0.25, 0.3) is 5.91 Å². The Morgan fingerprint density at radius 2 is 1.48 bits per heavy atom. The second kappa shape index (κ2) is 10.6. The number of carbonyl (C=O) groups is 3. The van der Waals surface area contributed by atoms with Crippen molar-refractivity contribution in [2.45, 2.75) is 52.6 Å². The zero-order chi connectivity index (χ0) is 23.0. The van der Waals surface area contributed by atoms with Crippen molar-refractivity contribution < 1.29 is 14.4 Å². The molecule has 0 fully saturated rings. The fraction of sp³-hybridized carbons (Fsp3) is 0.375. The highest BCUT2D eigenvalue weighted by atomic mass is 16.2. The van der Waals surface area contributed by atoms with Crippen molar-refractivity contribution in [2.75, 3.05) is 11.9 Å². The van der Waals surface area contributed by atoms with Gasteiger partial charge in [-0.3, -0.25) is 9.59 Å². The Morgan fingerprint density at radius 1 is 0.871 bits per heavy atom. The van der Waals surface area contributed by atoms with Gasteiger partial charge < -0.3 is 21.3 Å². The molecule has 7 nitrogen and oxygen atoms in total. The molecule has 0 spiro atoms. The summed E-state index contributed by atoms with van der Waals surface area (Å²) in [6.07, 6.45) is 0. The van der Waals surface area contributed by atoms with Crippen LogP contribution < -0.4 is 21.3 Å². The molecule has 0 aliphatic heterocycles. The van der Waals surface area contributed by atoms with E-state index in [-0.39, 0.29) is 35.8 Å². The van der Waals surface area contributed by atoms with Crippen LogP contribution in [0.4, 0.5) is 10.5 Å². The van der Waals surface area contributed by atoms with Crippen molar-refractivity contribution in [2.24, 2.45) is 0 Å². The van der Waals surface area contributed by atoms with Crippen LogP contribution in [0.1, 0.15) is 56.1 Å². The Hall–Kier alpha value is -3.35. The summed E-state index contributed by atoms with van der Waals surface area (Å²) < 4.78 is 0. The number of anilines is 1. The molecule has 0 aliphatic rings. The lowest BCUT2D eigenvalue weighted by molar-refractivity contribution is -0.120. The second-order valence-electron chi connectivity index (χ2n) is 8.74. The van der Waals surface area contributed by atoms with E-state index in [9.17, 15) is 14.4 Å².